The van der Waals surface area contributed by atoms with Crippen molar-refractivity contribution in [2.24, 2.45) is 4.99 Å². The average Bonchev–Trinajstić information content (AvgIpc) is 3.37. The number of thioether (sulfide) groups is 1. The molecule has 2 heterocycles. The van der Waals surface area contributed by atoms with E-state index in [1.807, 2.05) is 43.0 Å². The Labute approximate surface area is 191 Å². The lowest BCUT2D eigenvalue weighted by Gasteiger charge is -2.21. The molecule has 28 heavy (non-hydrogen) atoms. The SMILES string of the molecule is CN=C(NCCCSc1nccs1)N(C)Cc1ncc(-c2ccccc2)[nH]1.I. The predicted molar refractivity (Wildman–Crippen MR) is 130 cm³/mol. The molecule has 0 spiro atoms. The van der Waals surface area contributed by atoms with Crippen LogP contribution < -0.4 is 5.32 Å². The molecular formula is C19H25IN6S2. The first kappa shape index (κ1) is 22.7. The van der Waals surface area contributed by atoms with Crippen molar-refractivity contribution in [3.63, 3.8) is 0 Å². The summed E-state index contributed by atoms with van der Waals surface area (Å²) in [6.45, 7) is 1.54. The summed E-state index contributed by atoms with van der Waals surface area (Å²) in [7, 11) is 3.82. The summed E-state index contributed by atoms with van der Waals surface area (Å²) in [6, 6.07) is 10.2. The summed E-state index contributed by atoms with van der Waals surface area (Å²) in [6.07, 6.45) is 4.78. The van der Waals surface area contributed by atoms with Gasteiger partial charge < -0.3 is 15.2 Å². The first-order valence-electron chi connectivity index (χ1n) is 8.79. The number of hydrogen-bond donors (Lipinski definition) is 2. The van der Waals surface area contributed by atoms with Crippen molar-refractivity contribution in [2.75, 3.05) is 26.4 Å². The molecule has 0 amide bonds. The first-order valence-corrected chi connectivity index (χ1v) is 10.7. The number of aromatic amines is 1. The minimum Gasteiger partial charge on any atom is -0.356 e. The Hall–Kier alpha value is -1.59. The highest BCUT2D eigenvalue weighted by molar-refractivity contribution is 14.0. The lowest BCUT2D eigenvalue weighted by molar-refractivity contribution is 0.464. The highest BCUT2D eigenvalue weighted by atomic mass is 127. The van der Waals surface area contributed by atoms with Crippen molar-refractivity contribution in [3.05, 3.63) is 53.9 Å². The van der Waals surface area contributed by atoms with Gasteiger partial charge in [0.2, 0.25) is 0 Å². The molecule has 0 bridgehead atoms. The lowest BCUT2D eigenvalue weighted by atomic mass is 10.2. The van der Waals surface area contributed by atoms with E-state index < -0.39 is 0 Å². The van der Waals surface area contributed by atoms with Gasteiger partial charge in [0.25, 0.3) is 0 Å². The Morgan fingerprint density at radius 1 is 1.29 bits per heavy atom. The minimum absolute atomic E-state index is 0. The number of hydrogen-bond acceptors (Lipinski definition) is 5. The molecule has 2 aromatic heterocycles. The van der Waals surface area contributed by atoms with Crippen molar-refractivity contribution in [3.8, 4) is 11.3 Å². The number of thiazole rings is 1. The number of benzene rings is 1. The van der Waals surface area contributed by atoms with Gasteiger partial charge in [-0.05, 0) is 12.0 Å². The molecule has 3 aromatic rings. The Bertz CT molecular complexity index is 835. The maximum absolute atomic E-state index is 4.50. The van der Waals surface area contributed by atoms with E-state index in [9.17, 15) is 0 Å². The van der Waals surface area contributed by atoms with Gasteiger partial charge in [0.15, 0.2) is 5.96 Å². The topological polar surface area (TPSA) is 69.2 Å². The van der Waals surface area contributed by atoms with E-state index in [2.05, 4.69) is 42.3 Å². The molecule has 6 nitrogen and oxygen atoms in total. The van der Waals surface area contributed by atoms with Crippen LogP contribution in [-0.4, -0.2) is 52.2 Å². The summed E-state index contributed by atoms with van der Waals surface area (Å²) in [5, 5.41) is 5.42. The average molecular weight is 528 g/mol. The van der Waals surface area contributed by atoms with Gasteiger partial charge in [0.1, 0.15) is 10.2 Å². The highest BCUT2D eigenvalue weighted by Crippen LogP contribution is 2.20. The molecule has 2 N–H and O–H groups in total. The number of rotatable bonds is 8. The zero-order valence-electron chi connectivity index (χ0n) is 16.0. The van der Waals surface area contributed by atoms with E-state index in [0.29, 0.717) is 6.54 Å². The zero-order chi connectivity index (χ0) is 18.9. The number of nitrogens with zero attached hydrogens (tertiary/aromatic N) is 4. The lowest BCUT2D eigenvalue weighted by Crippen LogP contribution is -2.39. The molecule has 0 saturated carbocycles. The van der Waals surface area contributed by atoms with Gasteiger partial charge in [0.05, 0.1) is 18.4 Å². The van der Waals surface area contributed by atoms with Crippen LogP contribution in [0.5, 0.6) is 0 Å². The summed E-state index contributed by atoms with van der Waals surface area (Å²) < 4.78 is 1.13. The maximum atomic E-state index is 4.50. The van der Waals surface area contributed by atoms with Crippen LogP contribution in [0.2, 0.25) is 0 Å². The fourth-order valence-electron chi connectivity index (χ4n) is 2.60. The van der Waals surface area contributed by atoms with Gasteiger partial charge in [-0.2, -0.15) is 0 Å². The molecule has 9 heteroatoms. The fourth-order valence-corrected chi connectivity index (χ4v) is 4.25. The van der Waals surface area contributed by atoms with Crippen LogP contribution in [0.3, 0.4) is 0 Å². The molecule has 0 aliphatic heterocycles. The number of aliphatic imine (C=N–C) groups is 1. The Kier molecular flexibility index (Phi) is 9.79. The number of H-pyrrole nitrogens is 1. The number of imidazole rings is 1. The first-order chi connectivity index (χ1) is 13.3. The molecule has 0 fully saturated rings. The van der Waals surface area contributed by atoms with Crippen molar-refractivity contribution in [1.29, 1.82) is 0 Å². The second kappa shape index (κ2) is 12.1. The van der Waals surface area contributed by atoms with Crippen molar-refractivity contribution < 1.29 is 0 Å². The predicted octanol–water partition coefficient (Wildman–Crippen LogP) is 4.34. The van der Waals surface area contributed by atoms with E-state index in [0.717, 1.165) is 46.1 Å². The maximum Gasteiger partial charge on any atom is 0.193 e. The third-order valence-electron chi connectivity index (χ3n) is 3.91. The summed E-state index contributed by atoms with van der Waals surface area (Å²) in [5.41, 5.74) is 2.17. The Morgan fingerprint density at radius 3 is 2.82 bits per heavy atom. The van der Waals surface area contributed by atoms with Crippen LogP contribution in [0, 0.1) is 0 Å². The second-order valence-corrected chi connectivity index (χ2v) is 8.18. The van der Waals surface area contributed by atoms with Gasteiger partial charge in [-0.3, -0.25) is 4.99 Å². The molecule has 3 rings (SSSR count). The molecule has 0 atom stereocenters. The zero-order valence-corrected chi connectivity index (χ0v) is 19.9. The number of guanidine groups is 1. The molecular weight excluding hydrogens is 503 g/mol. The van der Waals surface area contributed by atoms with E-state index >= 15 is 0 Å². The number of nitrogens with one attached hydrogen (secondary N) is 2. The van der Waals surface area contributed by atoms with Crippen molar-refractivity contribution >= 4 is 53.0 Å². The monoisotopic (exact) mass is 528 g/mol. The van der Waals surface area contributed by atoms with Crippen LogP contribution in [0.1, 0.15) is 12.2 Å². The van der Waals surface area contributed by atoms with Crippen LogP contribution in [0.4, 0.5) is 0 Å². The van der Waals surface area contributed by atoms with Gasteiger partial charge in [-0.1, -0.05) is 42.1 Å². The van der Waals surface area contributed by atoms with Gasteiger partial charge >= 0.3 is 0 Å². The summed E-state index contributed by atoms with van der Waals surface area (Å²) in [5.74, 6) is 2.82. The van der Waals surface area contributed by atoms with Crippen LogP contribution in [0.25, 0.3) is 11.3 Å². The normalized spacial score (nSPS) is 11.1. The van der Waals surface area contributed by atoms with Crippen LogP contribution in [0.15, 0.2) is 57.4 Å². The molecule has 0 unspecified atom stereocenters. The Balaban J connectivity index is 0.00000280. The van der Waals surface area contributed by atoms with Gasteiger partial charge in [-0.25, -0.2) is 9.97 Å². The molecule has 0 radical (unpaired) electrons. The highest BCUT2D eigenvalue weighted by Gasteiger charge is 2.09. The van der Waals surface area contributed by atoms with E-state index in [1.54, 1.807) is 30.1 Å². The molecule has 1 aromatic carbocycles. The van der Waals surface area contributed by atoms with Gasteiger partial charge in [0, 0.05) is 38.0 Å². The quantitative estimate of drug-likeness (QED) is 0.150. The van der Waals surface area contributed by atoms with E-state index in [1.165, 1.54) is 0 Å². The van der Waals surface area contributed by atoms with Gasteiger partial charge in [-0.15, -0.1) is 35.3 Å². The van der Waals surface area contributed by atoms with Crippen LogP contribution in [-0.2, 0) is 6.54 Å². The summed E-state index contributed by atoms with van der Waals surface area (Å²) >= 11 is 3.48. The van der Waals surface area contributed by atoms with E-state index in [-0.39, 0.29) is 24.0 Å². The second-order valence-electron chi connectivity index (χ2n) is 5.94. The van der Waals surface area contributed by atoms with Crippen LogP contribution >= 0.6 is 47.1 Å². The third kappa shape index (κ3) is 6.78. The molecule has 150 valence electrons. The minimum atomic E-state index is 0. The smallest absolute Gasteiger partial charge is 0.193 e. The molecule has 0 aliphatic carbocycles. The van der Waals surface area contributed by atoms with E-state index in [4.69, 9.17) is 0 Å². The molecule has 0 aliphatic rings. The summed E-state index contributed by atoms with van der Waals surface area (Å²) in [4.78, 5) is 18.6. The molecule has 0 saturated heterocycles. The standard InChI is InChI=1S/C19H24N6S2.HI/c1-20-18(21-9-6-11-26-19-22-10-12-27-19)25(2)14-17-23-13-16(24-17)15-7-4-3-5-8-15;/h3-5,7-8,10,12-13H,6,9,11,14H2,1-2H3,(H,20,21)(H,23,24);1H. The largest absolute Gasteiger partial charge is 0.356 e. The van der Waals surface area contributed by atoms with Crippen molar-refractivity contribution in [1.82, 2.24) is 25.2 Å². The number of aromatic nitrogens is 3. The Morgan fingerprint density at radius 2 is 2.11 bits per heavy atom. The third-order valence-corrected chi connectivity index (χ3v) is 5.97. The van der Waals surface area contributed by atoms with Crippen molar-refractivity contribution in [2.45, 2.75) is 17.3 Å². The fraction of sp³-hybridized carbons (Fsp3) is 0.316. The number of halogens is 1.